The highest BCUT2D eigenvalue weighted by Crippen LogP contribution is 2.32. The van der Waals surface area contributed by atoms with Gasteiger partial charge in [-0.2, -0.15) is 0 Å². The third-order valence-corrected chi connectivity index (χ3v) is 5.22. The number of likely N-dealkylation sites (tertiary alicyclic amines) is 1. The average Bonchev–Trinajstić information content (AvgIpc) is 2.96. The molecule has 2 saturated heterocycles. The van der Waals surface area contributed by atoms with Crippen molar-refractivity contribution in [2.24, 2.45) is 0 Å². The first-order valence-corrected chi connectivity index (χ1v) is 8.19. The van der Waals surface area contributed by atoms with Crippen molar-refractivity contribution in [1.29, 1.82) is 0 Å². The Balaban J connectivity index is 2.00. The molecular weight excluding hydrogens is 278 g/mol. The van der Waals surface area contributed by atoms with Gasteiger partial charge in [0.05, 0.1) is 5.37 Å². The Bertz CT molecular complexity index is 380. The molecule has 2 fully saturated rings. The van der Waals surface area contributed by atoms with Crippen molar-refractivity contribution < 1.29 is 14.7 Å². The van der Waals surface area contributed by atoms with E-state index in [0.29, 0.717) is 5.75 Å². The Morgan fingerprint density at radius 2 is 2.20 bits per heavy atom. The Morgan fingerprint density at radius 1 is 1.45 bits per heavy atom. The van der Waals surface area contributed by atoms with Crippen LogP contribution in [-0.2, 0) is 4.79 Å². The summed E-state index contributed by atoms with van der Waals surface area (Å²) in [4.78, 5) is 27.4. The topological polar surface area (TPSA) is 72.9 Å². The molecular formula is C13H23N3O3S. The molecule has 0 saturated carbocycles. The van der Waals surface area contributed by atoms with Crippen molar-refractivity contribution >= 4 is 23.8 Å². The quantitative estimate of drug-likeness (QED) is 0.811. The molecule has 114 valence electrons. The van der Waals surface area contributed by atoms with Gasteiger partial charge in [0, 0.05) is 18.3 Å². The first-order valence-electron chi connectivity index (χ1n) is 7.14. The summed E-state index contributed by atoms with van der Waals surface area (Å²) in [7, 11) is 2.03. The van der Waals surface area contributed by atoms with Crippen molar-refractivity contribution in [3.05, 3.63) is 0 Å². The second-order valence-corrected chi connectivity index (χ2v) is 6.75. The lowest BCUT2D eigenvalue weighted by molar-refractivity contribution is -0.141. The van der Waals surface area contributed by atoms with E-state index in [4.69, 9.17) is 0 Å². The first kappa shape index (κ1) is 15.4. The molecule has 0 spiro atoms. The zero-order valence-electron chi connectivity index (χ0n) is 12.0. The van der Waals surface area contributed by atoms with Crippen molar-refractivity contribution in [3.63, 3.8) is 0 Å². The maximum Gasteiger partial charge on any atom is 0.327 e. The van der Waals surface area contributed by atoms with Gasteiger partial charge >= 0.3 is 12.0 Å². The minimum Gasteiger partial charge on any atom is -0.480 e. The lowest BCUT2D eigenvalue weighted by Gasteiger charge is -2.28. The van der Waals surface area contributed by atoms with Crippen LogP contribution in [-0.4, -0.2) is 70.3 Å². The number of hydrogen-bond donors (Lipinski definition) is 2. The summed E-state index contributed by atoms with van der Waals surface area (Å²) in [5, 5.41) is 12.3. The SMILES string of the molecule is CCCC1SCC(C(=O)O)N1C(=O)NC1CCN(C)C1. The minimum absolute atomic E-state index is 0.0137. The van der Waals surface area contributed by atoms with Gasteiger partial charge in [0.1, 0.15) is 6.04 Å². The Hall–Kier alpha value is -0.950. The molecule has 2 heterocycles. The summed E-state index contributed by atoms with van der Waals surface area (Å²) < 4.78 is 0. The smallest absolute Gasteiger partial charge is 0.327 e. The lowest BCUT2D eigenvalue weighted by Crippen LogP contribution is -2.52. The molecule has 0 radical (unpaired) electrons. The molecule has 2 rings (SSSR count). The van der Waals surface area contributed by atoms with Crippen LogP contribution in [0.4, 0.5) is 4.79 Å². The highest BCUT2D eigenvalue weighted by atomic mass is 32.2. The summed E-state index contributed by atoms with van der Waals surface area (Å²) in [6.07, 6.45) is 2.71. The fourth-order valence-electron chi connectivity index (χ4n) is 2.80. The number of nitrogens with zero attached hydrogens (tertiary/aromatic N) is 2. The van der Waals surface area contributed by atoms with Crippen LogP contribution in [0.15, 0.2) is 0 Å². The molecule has 3 unspecified atom stereocenters. The van der Waals surface area contributed by atoms with Gasteiger partial charge < -0.3 is 15.3 Å². The number of carbonyl (C=O) groups excluding carboxylic acids is 1. The van der Waals surface area contributed by atoms with Crippen molar-refractivity contribution in [2.45, 2.75) is 43.6 Å². The third kappa shape index (κ3) is 3.38. The highest BCUT2D eigenvalue weighted by Gasteiger charge is 2.41. The third-order valence-electron chi connectivity index (χ3n) is 3.87. The molecule has 2 aliphatic rings. The maximum atomic E-state index is 12.4. The molecule has 2 amide bonds. The van der Waals surface area contributed by atoms with Crippen molar-refractivity contribution in [2.75, 3.05) is 25.9 Å². The average molecular weight is 301 g/mol. The van der Waals surface area contributed by atoms with E-state index in [2.05, 4.69) is 17.1 Å². The molecule has 0 aromatic rings. The van der Waals surface area contributed by atoms with Gasteiger partial charge in [0.25, 0.3) is 0 Å². The second kappa shape index (κ2) is 6.67. The number of hydrogen-bond acceptors (Lipinski definition) is 4. The number of carboxylic acid groups (broad SMARTS) is 1. The van der Waals surface area contributed by atoms with Crippen LogP contribution in [0.5, 0.6) is 0 Å². The van der Waals surface area contributed by atoms with E-state index in [1.54, 1.807) is 11.8 Å². The van der Waals surface area contributed by atoms with E-state index in [1.165, 1.54) is 4.90 Å². The van der Waals surface area contributed by atoms with E-state index in [0.717, 1.165) is 32.4 Å². The molecule has 0 aromatic carbocycles. The molecule has 2 N–H and O–H groups in total. The van der Waals surface area contributed by atoms with Crippen LogP contribution in [0.25, 0.3) is 0 Å². The highest BCUT2D eigenvalue weighted by molar-refractivity contribution is 8.00. The number of nitrogens with one attached hydrogen (secondary N) is 1. The zero-order valence-corrected chi connectivity index (χ0v) is 12.9. The predicted molar refractivity (Wildman–Crippen MR) is 78.9 cm³/mol. The van der Waals surface area contributed by atoms with Crippen molar-refractivity contribution in [3.8, 4) is 0 Å². The molecule has 3 atom stereocenters. The molecule has 0 bridgehead atoms. The van der Waals surface area contributed by atoms with Crippen LogP contribution in [0.1, 0.15) is 26.2 Å². The molecule has 20 heavy (non-hydrogen) atoms. The van der Waals surface area contributed by atoms with Gasteiger partial charge in [-0.05, 0) is 26.4 Å². The number of amides is 2. The Kier molecular flexibility index (Phi) is 5.15. The lowest BCUT2D eigenvalue weighted by atomic mass is 10.2. The molecule has 0 aromatic heterocycles. The number of carbonyl (C=O) groups is 2. The summed E-state index contributed by atoms with van der Waals surface area (Å²) >= 11 is 1.57. The van der Waals surface area contributed by atoms with Crippen molar-refractivity contribution in [1.82, 2.24) is 15.1 Å². The van der Waals surface area contributed by atoms with Gasteiger partial charge in [-0.1, -0.05) is 13.3 Å². The maximum absolute atomic E-state index is 12.4. The second-order valence-electron chi connectivity index (χ2n) is 5.54. The van der Waals surface area contributed by atoms with E-state index < -0.39 is 12.0 Å². The number of urea groups is 1. The fourth-order valence-corrected chi connectivity index (χ4v) is 4.31. The molecule has 6 nitrogen and oxygen atoms in total. The fraction of sp³-hybridized carbons (Fsp3) is 0.846. The number of aliphatic carboxylic acids is 1. The number of rotatable bonds is 4. The standard InChI is InChI=1S/C13H23N3O3S/c1-3-4-11-16(10(8-20-11)12(17)18)13(19)14-9-5-6-15(2)7-9/h9-11H,3-8H2,1-2H3,(H,14,19)(H,17,18). The van der Waals surface area contributed by atoms with Gasteiger partial charge in [-0.15, -0.1) is 11.8 Å². The molecule has 0 aliphatic carbocycles. The monoisotopic (exact) mass is 301 g/mol. The molecule has 2 aliphatic heterocycles. The summed E-state index contributed by atoms with van der Waals surface area (Å²) in [6, 6.07) is -0.786. The number of thioether (sulfide) groups is 1. The van der Waals surface area contributed by atoms with Gasteiger partial charge in [0.2, 0.25) is 0 Å². The van der Waals surface area contributed by atoms with Crippen LogP contribution < -0.4 is 5.32 Å². The van der Waals surface area contributed by atoms with E-state index >= 15 is 0 Å². The van der Waals surface area contributed by atoms with Crippen LogP contribution in [0.3, 0.4) is 0 Å². The summed E-state index contributed by atoms with van der Waals surface area (Å²) in [5.41, 5.74) is 0. The van der Waals surface area contributed by atoms with E-state index in [-0.39, 0.29) is 17.4 Å². The number of carboxylic acids is 1. The van der Waals surface area contributed by atoms with Crippen LogP contribution in [0.2, 0.25) is 0 Å². The van der Waals surface area contributed by atoms with E-state index in [1.807, 2.05) is 7.05 Å². The Labute approximate surface area is 123 Å². The van der Waals surface area contributed by atoms with Crippen LogP contribution in [0, 0.1) is 0 Å². The Morgan fingerprint density at radius 3 is 2.75 bits per heavy atom. The number of likely N-dealkylation sites (N-methyl/N-ethyl adjacent to an activating group) is 1. The predicted octanol–water partition coefficient (Wildman–Crippen LogP) is 1.03. The normalized spacial score (nSPS) is 30.7. The van der Waals surface area contributed by atoms with E-state index in [9.17, 15) is 14.7 Å². The largest absolute Gasteiger partial charge is 0.480 e. The molecule has 7 heteroatoms. The minimum atomic E-state index is -0.908. The van der Waals surface area contributed by atoms with Gasteiger partial charge in [-0.25, -0.2) is 9.59 Å². The van der Waals surface area contributed by atoms with Gasteiger partial charge in [0.15, 0.2) is 0 Å². The first-order chi connectivity index (χ1) is 9.52. The van der Waals surface area contributed by atoms with Gasteiger partial charge in [-0.3, -0.25) is 4.90 Å². The summed E-state index contributed by atoms with van der Waals surface area (Å²) in [5.74, 6) is -0.423. The van der Waals surface area contributed by atoms with Crippen LogP contribution >= 0.6 is 11.8 Å². The summed E-state index contributed by atoms with van der Waals surface area (Å²) in [6.45, 7) is 3.86. The zero-order chi connectivity index (χ0) is 14.7.